The molecule has 0 spiro atoms. The molecular weight excluding hydrogens is 284 g/mol. The van der Waals surface area contributed by atoms with Gasteiger partial charge >= 0.3 is 0 Å². The van der Waals surface area contributed by atoms with Crippen molar-refractivity contribution in [3.63, 3.8) is 0 Å². The number of halogens is 1. The fourth-order valence-electron chi connectivity index (χ4n) is 2.22. The minimum Gasteiger partial charge on any atom is -0.383 e. The van der Waals surface area contributed by atoms with Crippen molar-refractivity contribution in [3.8, 4) is 0 Å². The highest BCUT2D eigenvalue weighted by Gasteiger charge is 2.27. The molecule has 4 nitrogen and oxygen atoms in total. The molecule has 21 heavy (non-hydrogen) atoms. The van der Waals surface area contributed by atoms with Gasteiger partial charge in [0.25, 0.3) is 0 Å². The molecule has 0 amide bonds. The van der Waals surface area contributed by atoms with Gasteiger partial charge in [-0.1, -0.05) is 23.7 Å². The SMILES string of the molecule is Cc1c(N)nc(C2CC2)nc1NCCc1ccc(Cl)cc1. The lowest BCUT2D eigenvalue weighted by Gasteiger charge is -2.12. The number of benzene rings is 1. The van der Waals surface area contributed by atoms with Gasteiger partial charge in [0.1, 0.15) is 17.5 Å². The Labute approximate surface area is 129 Å². The van der Waals surface area contributed by atoms with Gasteiger partial charge in [0.2, 0.25) is 0 Å². The average molecular weight is 303 g/mol. The standard InChI is InChI=1S/C16H19ClN4/c1-10-14(18)20-16(12-4-5-12)21-15(10)19-9-8-11-2-6-13(17)7-3-11/h2-3,6-7,12H,4-5,8-9H2,1H3,(H3,18,19,20,21). The number of nitrogens with two attached hydrogens (primary N) is 1. The van der Waals surface area contributed by atoms with E-state index in [2.05, 4.69) is 15.3 Å². The first-order chi connectivity index (χ1) is 10.1. The predicted octanol–water partition coefficient (Wildman–Crippen LogP) is 3.55. The largest absolute Gasteiger partial charge is 0.383 e. The van der Waals surface area contributed by atoms with Gasteiger partial charge < -0.3 is 11.1 Å². The molecule has 1 aromatic heterocycles. The third kappa shape index (κ3) is 3.45. The summed E-state index contributed by atoms with van der Waals surface area (Å²) in [4.78, 5) is 9.00. The topological polar surface area (TPSA) is 63.8 Å². The molecule has 2 aromatic rings. The van der Waals surface area contributed by atoms with Crippen LogP contribution >= 0.6 is 11.6 Å². The Morgan fingerprint density at radius 1 is 1.24 bits per heavy atom. The highest BCUT2D eigenvalue weighted by molar-refractivity contribution is 6.30. The number of hydrogen-bond acceptors (Lipinski definition) is 4. The normalized spacial score (nSPS) is 14.2. The van der Waals surface area contributed by atoms with Gasteiger partial charge in [0.15, 0.2) is 0 Å². The molecular formula is C16H19ClN4. The van der Waals surface area contributed by atoms with Crippen molar-refractivity contribution in [3.05, 3.63) is 46.2 Å². The van der Waals surface area contributed by atoms with Crippen LogP contribution in [-0.2, 0) is 6.42 Å². The van der Waals surface area contributed by atoms with Crippen molar-refractivity contribution >= 4 is 23.2 Å². The van der Waals surface area contributed by atoms with E-state index in [1.165, 1.54) is 18.4 Å². The molecule has 1 fully saturated rings. The summed E-state index contributed by atoms with van der Waals surface area (Å²) in [5, 5.41) is 4.14. The van der Waals surface area contributed by atoms with Gasteiger partial charge in [-0.3, -0.25) is 0 Å². The smallest absolute Gasteiger partial charge is 0.136 e. The lowest BCUT2D eigenvalue weighted by molar-refractivity contribution is 0.911. The van der Waals surface area contributed by atoms with E-state index in [1.807, 2.05) is 31.2 Å². The molecule has 1 aromatic carbocycles. The van der Waals surface area contributed by atoms with Crippen LogP contribution in [0.4, 0.5) is 11.6 Å². The van der Waals surface area contributed by atoms with E-state index in [4.69, 9.17) is 17.3 Å². The number of anilines is 2. The number of nitrogen functional groups attached to an aromatic ring is 1. The van der Waals surface area contributed by atoms with Gasteiger partial charge in [-0.15, -0.1) is 0 Å². The number of nitrogens with one attached hydrogen (secondary N) is 1. The third-order valence-electron chi connectivity index (χ3n) is 3.76. The lowest BCUT2D eigenvalue weighted by Crippen LogP contribution is -2.11. The van der Waals surface area contributed by atoms with Gasteiger partial charge in [-0.05, 0) is 43.9 Å². The van der Waals surface area contributed by atoms with E-state index in [0.29, 0.717) is 11.7 Å². The van der Waals surface area contributed by atoms with Crippen LogP contribution in [0.5, 0.6) is 0 Å². The van der Waals surface area contributed by atoms with Crippen LogP contribution in [0.25, 0.3) is 0 Å². The Morgan fingerprint density at radius 2 is 1.95 bits per heavy atom. The first-order valence-corrected chi connectivity index (χ1v) is 7.63. The second-order valence-electron chi connectivity index (χ2n) is 5.52. The number of nitrogens with zero attached hydrogens (tertiary/aromatic N) is 2. The summed E-state index contributed by atoms with van der Waals surface area (Å²) in [6.45, 7) is 2.76. The van der Waals surface area contributed by atoms with Gasteiger partial charge in [0, 0.05) is 23.0 Å². The molecule has 0 bridgehead atoms. The van der Waals surface area contributed by atoms with Crippen molar-refractivity contribution in [2.45, 2.75) is 32.1 Å². The molecule has 5 heteroatoms. The molecule has 0 atom stereocenters. The van der Waals surface area contributed by atoms with Crippen molar-refractivity contribution in [1.82, 2.24) is 9.97 Å². The quantitative estimate of drug-likeness (QED) is 0.886. The zero-order valence-electron chi connectivity index (χ0n) is 12.1. The van der Waals surface area contributed by atoms with Crippen LogP contribution in [0.2, 0.25) is 5.02 Å². The van der Waals surface area contributed by atoms with Gasteiger partial charge in [0.05, 0.1) is 0 Å². The second kappa shape index (κ2) is 5.90. The maximum absolute atomic E-state index is 5.98. The summed E-state index contributed by atoms with van der Waals surface area (Å²) < 4.78 is 0. The van der Waals surface area contributed by atoms with Crippen molar-refractivity contribution in [2.24, 2.45) is 0 Å². The first-order valence-electron chi connectivity index (χ1n) is 7.26. The molecule has 3 N–H and O–H groups in total. The first kappa shape index (κ1) is 14.1. The Morgan fingerprint density at radius 3 is 2.62 bits per heavy atom. The minimum absolute atomic E-state index is 0.504. The number of hydrogen-bond donors (Lipinski definition) is 2. The molecule has 110 valence electrons. The Balaban J connectivity index is 1.65. The van der Waals surface area contributed by atoms with Crippen LogP contribution in [0, 0.1) is 6.92 Å². The number of aromatic nitrogens is 2. The summed E-state index contributed by atoms with van der Waals surface area (Å²) in [5.74, 6) is 2.83. The molecule has 0 unspecified atom stereocenters. The van der Waals surface area contributed by atoms with Crippen molar-refractivity contribution in [1.29, 1.82) is 0 Å². The Bertz CT molecular complexity index is 635. The molecule has 1 aliphatic rings. The van der Waals surface area contributed by atoms with Crippen LogP contribution in [0.1, 0.15) is 35.7 Å². The van der Waals surface area contributed by atoms with Crippen LogP contribution < -0.4 is 11.1 Å². The fraction of sp³-hybridized carbons (Fsp3) is 0.375. The van der Waals surface area contributed by atoms with E-state index in [0.717, 1.165) is 35.2 Å². The Hall–Kier alpha value is -1.81. The third-order valence-corrected chi connectivity index (χ3v) is 4.01. The van der Waals surface area contributed by atoms with E-state index < -0.39 is 0 Å². The molecule has 0 radical (unpaired) electrons. The monoisotopic (exact) mass is 302 g/mol. The maximum atomic E-state index is 5.98. The van der Waals surface area contributed by atoms with E-state index in [1.54, 1.807) is 0 Å². The molecule has 0 saturated heterocycles. The lowest BCUT2D eigenvalue weighted by atomic mass is 10.1. The summed E-state index contributed by atoms with van der Waals surface area (Å²) in [7, 11) is 0. The maximum Gasteiger partial charge on any atom is 0.136 e. The second-order valence-corrected chi connectivity index (χ2v) is 5.95. The number of rotatable bonds is 5. The summed E-state index contributed by atoms with van der Waals surface area (Å²) in [6, 6.07) is 7.91. The molecule has 1 heterocycles. The zero-order chi connectivity index (χ0) is 14.8. The Kier molecular flexibility index (Phi) is 3.97. The minimum atomic E-state index is 0.504. The zero-order valence-corrected chi connectivity index (χ0v) is 12.8. The van der Waals surface area contributed by atoms with Crippen LogP contribution in [0.3, 0.4) is 0 Å². The van der Waals surface area contributed by atoms with Crippen molar-refractivity contribution in [2.75, 3.05) is 17.6 Å². The average Bonchev–Trinajstić information content (AvgIpc) is 3.30. The van der Waals surface area contributed by atoms with Gasteiger partial charge in [-0.25, -0.2) is 9.97 Å². The molecule has 1 saturated carbocycles. The van der Waals surface area contributed by atoms with Crippen molar-refractivity contribution < 1.29 is 0 Å². The highest BCUT2D eigenvalue weighted by atomic mass is 35.5. The molecule has 1 aliphatic carbocycles. The fourth-order valence-corrected chi connectivity index (χ4v) is 2.35. The summed E-state index contributed by atoms with van der Waals surface area (Å²) >= 11 is 5.89. The van der Waals surface area contributed by atoms with Gasteiger partial charge in [-0.2, -0.15) is 0 Å². The van der Waals surface area contributed by atoms with Crippen LogP contribution in [-0.4, -0.2) is 16.5 Å². The molecule has 3 rings (SSSR count). The molecule has 0 aliphatic heterocycles. The predicted molar refractivity (Wildman–Crippen MR) is 86.8 cm³/mol. The highest BCUT2D eigenvalue weighted by Crippen LogP contribution is 2.39. The van der Waals surface area contributed by atoms with E-state index >= 15 is 0 Å². The summed E-state index contributed by atoms with van der Waals surface area (Å²) in [5.41, 5.74) is 8.15. The summed E-state index contributed by atoms with van der Waals surface area (Å²) in [6.07, 6.45) is 3.26. The van der Waals surface area contributed by atoms with Crippen LogP contribution in [0.15, 0.2) is 24.3 Å². The van der Waals surface area contributed by atoms with E-state index in [9.17, 15) is 0 Å². The van der Waals surface area contributed by atoms with E-state index in [-0.39, 0.29) is 0 Å².